The number of piperazine rings is 1. The van der Waals surface area contributed by atoms with Crippen molar-refractivity contribution in [1.82, 2.24) is 9.29 Å². The molecular weight excluding hydrogens is 507 g/mol. The average Bonchev–Trinajstić information content (AvgIpc) is 3.24. The molecule has 11 heteroatoms. The maximum atomic E-state index is 13.1. The Morgan fingerprint density at radius 2 is 1.76 bits per heavy atom. The van der Waals surface area contributed by atoms with Gasteiger partial charge in [0.1, 0.15) is 4.90 Å². The Kier molecular flexibility index (Phi) is 6.97. The first-order valence-electron chi connectivity index (χ1n) is 10.6. The van der Waals surface area contributed by atoms with E-state index in [2.05, 4.69) is 32.0 Å². The lowest BCUT2D eigenvalue weighted by molar-refractivity contribution is -0.137. The second kappa shape index (κ2) is 9.49. The van der Waals surface area contributed by atoms with Gasteiger partial charge in [0.2, 0.25) is 10.0 Å². The Hall–Kier alpha value is -2.14. The third-order valence-corrected chi connectivity index (χ3v) is 9.13. The number of benzene rings is 2. The highest BCUT2D eigenvalue weighted by Gasteiger charge is 2.35. The summed E-state index contributed by atoms with van der Waals surface area (Å²) in [6, 6.07) is 8.67. The molecule has 0 aliphatic carbocycles. The number of alkyl halides is 3. The van der Waals surface area contributed by atoms with E-state index in [0.717, 1.165) is 23.0 Å². The molecule has 34 heavy (non-hydrogen) atoms. The molecular formula is C23H23ClF3N3O2S2. The molecule has 1 fully saturated rings. The average molecular weight is 530 g/mol. The van der Waals surface area contributed by atoms with Gasteiger partial charge in [-0.15, -0.1) is 11.3 Å². The van der Waals surface area contributed by atoms with Crippen molar-refractivity contribution in [2.24, 2.45) is 0 Å². The Bertz CT molecular complexity index is 1300. The second-order valence-electron chi connectivity index (χ2n) is 8.26. The first kappa shape index (κ1) is 25.0. The van der Waals surface area contributed by atoms with Crippen LogP contribution in [0.1, 0.15) is 27.9 Å². The van der Waals surface area contributed by atoms with E-state index >= 15 is 0 Å². The Morgan fingerprint density at radius 3 is 2.44 bits per heavy atom. The number of halogens is 4. The summed E-state index contributed by atoms with van der Waals surface area (Å²) in [6.45, 7) is 5.13. The minimum Gasteiger partial charge on any atom is -0.345 e. The van der Waals surface area contributed by atoms with Gasteiger partial charge in [0.05, 0.1) is 16.3 Å². The van der Waals surface area contributed by atoms with Gasteiger partial charge >= 0.3 is 6.18 Å². The zero-order valence-electron chi connectivity index (χ0n) is 18.6. The number of thiazole rings is 1. The Morgan fingerprint density at radius 1 is 1.06 bits per heavy atom. The fourth-order valence-electron chi connectivity index (χ4n) is 3.84. The molecule has 1 aromatic heterocycles. The second-order valence-corrected chi connectivity index (χ2v) is 11.4. The van der Waals surface area contributed by atoms with E-state index in [0.29, 0.717) is 25.6 Å². The van der Waals surface area contributed by atoms with Gasteiger partial charge in [-0.05, 0) is 43.2 Å². The van der Waals surface area contributed by atoms with Crippen LogP contribution in [-0.4, -0.2) is 43.9 Å². The Balaban J connectivity index is 1.45. The molecule has 0 saturated carbocycles. The van der Waals surface area contributed by atoms with Gasteiger partial charge in [0.15, 0.2) is 5.13 Å². The summed E-state index contributed by atoms with van der Waals surface area (Å²) in [6.07, 6.45) is -3.94. The minimum atomic E-state index is -4.66. The van der Waals surface area contributed by atoms with Crippen LogP contribution in [0.4, 0.5) is 18.3 Å². The van der Waals surface area contributed by atoms with Crippen LogP contribution in [0.2, 0.25) is 5.02 Å². The number of anilines is 1. The van der Waals surface area contributed by atoms with Crippen LogP contribution >= 0.6 is 22.9 Å². The minimum absolute atomic E-state index is 0.126. The monoisotopic (exact) mass is 529 g/mol. The zero-order valence-corrected chi connectivity index (χ0v) is 21.0. The van der Waals surface area contributed by atoms with Crippen LogP contribution in [0.5, 0.6) is 0 Å². The molecule has 0 N–H and O–H groups in total. The Labute approximate surface area is 205 Å². The molecule has 0 unspecified atom stereocenters. The quantitative estimate of drug-likeness (QED) is 0.436. The number of hydrogen-bond donors (Lipinski definition) is 0. The topological polar surface area (TPSA) is 53.5 Å². The third-order valence-electron chi connectivity index (χ3n) is 5.80. The van der Waals surface area contributed by atoms with E-state index in [4.69, 9.17) is 16.6 Å². The van der Waals surface area contributed by atoms with Gasteiger partial charge in [-0.1, -0.05) is 35.4 Å². The van der Waals surface area contributed by atoms with Crippen molar-refractivity contribution >= 4 is 38.1 Å². The molecule has 4 rings (SSSR count). The van der Waals surface area contributed by atoms with E-state index in [1.54, 1.807) is 0 Å². The van der Waals surface area contributed by atoms with Crippen LogP contribution in [0.15, 0.2) is 46.7 Å². The molecule has 2 heterocycles. The first-order chi connectivity index (χ1) is 15.9. The molecule has 2 aromatic carbocycles. The summed E-state index contributed by atoms with van der Waals surface area (Å²) in [5.41, 5.74) is 3.50. The van der Waals surface area contributed by atoms with Crippen molar-refractivity contribution in [3.05, 3.63) is 74.7 Å². The highest BCUT2D eigenvalue weighted by molar-refractivity contribution is 7.89. The number of aromatic nitrogens is 1. The van der Waals surface area contributed by atoms with Crippen molar-refractivity contribution in [3.8, 4) is 0 Å². The van der Waals surface area contributed by atoms with Crippen molar-refractivity contribution in [3.63, 3.8) is 0 Å². The van der Waals surface area contributed by atoms with Gasteiger partial charge in [-0.25, -0.2) is 13.4 Å². The lowest BCUT2D eigenvalue weighted by atomic mass is 10.0. The molecule has 3 aromatic rings. The highest BCUT2D eigenvalue weighted by atomic mass is 35.5. The smallest absolute Gasteiger partial charge is 0.345 e. The predicted molar refractivity (Wildman–Crippen MR) is 128 cm³/mol. The summed E-state index contributed by atoms with van der Waals surface area (Å²) >= 11 is 7.47. The molecule has 0 radical (unpaired) electrons. The van der Waals surface area contributed by atoms with Gasteiger partial charge in [0, 0.05) is 38.0 Å². The summed E-state index contributed by atoms with van der Waals surface area (Å²) in [4.78, 5) is 6.20. The van der Waals surface area contributed by atoms with E-state index in [-0.39, 0.29) is 18.1 Å². The predicted octanol–water partition coefficient (Wildman–Crippen LogP) is 5.53. The van der Waals surface area contributed by atoms with Crippen LogP contribution in [-0.2, 0) is 22.6 Å². The molecule has 0 atom stereocenters. The van der Waals surface area contributed by atoms with Crippen molar-refractivity contribution in [2.45, 2.75) is 31.3 Å². The summed E-state index contributed by atoms with van der Waals surface area (Å²) < 4.78 is 66.5. The number of aryl methyl sites for hydroxylation is 2. The lowest BCUT2D eigenvalue weighted by Crippen LogP contribution is -2.48. The van der Waals surface area contributed by atoms with Gasteiger partial charge in [-0.3, -0.25) is 0 Å². The van der Waals surface area contributed by atoms with Gasteiger partial charge in [-0.2, -0.15) is 17.5 Å². The normalized spacial score (nSPS) is 15.6. The van der Waals surface area contributed by atoms with E-state index < -0.39 is 26.7 Å². The van der Waals surface area contributed by atoms with Crippen molar-refractivity contribution in [2.75, 3.05) is 31.1 Å². The standard InChI is InChI=1S/C23H23ClF3N3O2S2/c1-15-3-4-16(2)17(11-15)12-19-14-33-22(28-19)29-7-9-30(10-8-29)34(31,32)21-13-18(23(25,26)27)5-6-20(21)24/h3-6,11,13-14H,7-10,12H2,1-2H3. The molecule has 5 nitrogen and oxygen atoms in total. The fourth-order valence-corrected chi connectivity index (χ4v) is 6.65. The SMILES string of the molecule is Cc1ccc(C)c(Cc2csc(N3CCN(S(=O)(=O)c4cc(C(F)(F)F)ccc4Cl)CC3)n2)c1. The summed E-state index contributed by atoms with van der Waals surface area (Å²) in [5.74, 6) is 0. The molecule has 1 aliphatic heterocycles. The van der Waals surface area contributed by atoms with E-state index in [1.165, 1.54) is 32.3 Å². The maximum absolute atomic E-state index is 13.1. The molecule has 182 valence electrons. The molecule has 1 aliphatic rings. The van der Waals surface area contributed by atoms with Crippen molar-refractivity contribution < 1.29 is 21.6 Å². The number of sulfonamides is 1. The first-order valence-corrected chi connectivity index (χ1v) is 13.3. The zero-order chi connectivity index (χ0) is 24.7. The van der Waals surface area contributed by atoms with E-state index in [1.807, 2.05) is 10.3 Å². The largest absolute Gasteiger partial charge is 0.416 e. The van der Waals surface area contributed by atoms with Crippen LogP contribution in [0.25, 0.3) is 0 Å². The molecule has 1 saturated heterocycles. The van der Waals surface area contributed by atoms with Gasteiger partial charge < -0.3 is 4.90 Å². The number of nitrogens with zero attached hydrogens (tertiary/aromatic N) is 3. The fraction of sp³-hybridized carbons (Fsp3) is 0.348. The molecule has 0 amide bonds. The maximum Gasteiger partial charge on any atom is 0.416 e. The lowest BCUT2D eigenvalue weighted by Gasteiger charge is -2.34. The summed E-state index contributed by atoms with van der Waals surface area (Å²) in [7, 11) is -4.17. The van der Waals surface area contributed by atoms with Crippen molar-refractivity contribution in [1.29, 1.82) is 0 Å². The third kappa shape index (κ3) is 5.25. The summed E-state index contributed by atoms with van der Waals surface area (Å²) in [5, 5.41) is 2.57. The highest BCUT2D eigenvalue weighted by Crippen LogP contribution is 2.35. The number of rotatable bonds is 5. The van der Waals surface area contributed by atoms with Crippen LogP contribution in [0.3, 0.4) is 0 Å². The van der Waals surface area contributed by atoms with Gasteiger partial charge in [0.25, 0.3) is 0 Å². The molecule has 0 bridgehead atoms. The number of hydrogen-bond acceptors (Lipinski definition) is 5. The van der Waals surface area contributed by atoms with E-state index in [9.17, 15) is 21.6 Å². The van der Waals surface area contributed by atoms with Crippen LogP contribution in [0, 0.1) is 13.8 Å². The molecule has 0 spiro atoms. The van der Waals surface area contributed by atoms with Crippen LogP contribution < -0.4 is 4.90 Å².